The lowest BCUT2D eigenvalue weighted by Gasteiger charge is -2.29. The fourth-order valence-electron chi connectivity index (χ4n) is 3.33. The van der Waals surface area contributed by atoms with Gasteiger partial charge in [-0.3, -0.25) is 4.79 Å². The smallest absolute Gasteiger partial charge is 0.233 e. The van der Waals surface area contributed by atoms with Crippen LogP contribution < -0.4 is 4.90 Å². The van der Waals surface area contributed by atoms with Crippen molar-refractivity contribution < 1.29 is 4.79 Å². The highest BCUT2D eigenvalue weighted by molar-refractivity contribution is 5.95. The van der Waals surface area contributed by atoms with E-state index in [1.807, 2.05) is 58.9 Å². The van der Waals surface area contributed by atoms with Crippen molar-refractivity contribution in [2.75, 3.05) is 11.4 Å². The number of amides is 1. The third-order valence-corrected chi connectivity index (χ3v) is 4.47. The molecule has 0 fully saturated rings. The number of anilines is 1. The van der Waals surface area contributed by atoms with Crippen LogP contribution in [0.15, 0.2) is 48.8 Å². The highest BCUT2D eigenvalue weighted by Gasteiger charge is 2.22. The van der Waals surface area contributed by atoms with Gasteiger partial charge < -0.3 is 9.30 Å². The molecule has 3 aromatic rings. The molecule has 0 bridgehead atoms. The number of pyridine rings is 1. The van der Waals surface area contributed by atoms with Crippen LogP contribution in [0.1, 0.15) is 23.2 Å². The number of carbonyl (C=O) groups excluding carboxylic acids is 1. The minimum Gasteiger partial charge on any atom is -0.312 e. The number of para-hydroxylation sites is 1. The molecule has 1 aliphatic rings. The van der Waals surface area contributed by atoms with Gasteiger partial charge in [-0.1, -0.05) is 24.3 Å². The third-order valence-electron chi connectivity index (χ3n) is 4.47. The molecule has 2 aromatic heterocycles. The highest BCUT2D eigenvalue weighted by Crippen LogP contribution is 2.27. The first-order valence-corrected chi connectivity index (χ1v) is 8.04. The zero-order chi connectivity index (χ0) is 15.8. The summed E-state index contributed by atoms with van der Waals surface area (Å²) in [6.07, 6.45) is 6.34. The van der Waals surface area contributed by atoms with Crippen LogP contribution in [0.3, 0.4) is 0 Å². The predicted octanol–water partition coefficient (Wildman–Crippen LogP) is 3.16. The van der Waals surface area contributed by atoms with E-state index in [4.69, 9.17) is 0 Å². The van der Waals surface area contributed by atoms with Gasteiger partial charge in [0.1, 0.15) is 5.65 Å². The lowest BCUT2D eigenvalue weighted by molar-refractivity contribution is -0.118. The van der Waals surface area contributed by atoms with Gasteiger partial charge in [0.2, 0.25) is 5.91 Å². The molecule has 1 aromatic carbocycles. The molecule has 116 valence electrons. The van der Waals surface area contributed by atoms with Crippen molar-refractivity contribution in [2.45, 2.75) is 26.2 Å². The van der Waals surface area contributed by atoms with Crippen molar-refractivity contribution in [1.82, 2.24) is 9.38 Å². The Morgan fingerprint density at radius 1 is 1.22 bits per heavy atom. The second-order valence-corrected chi connectivity index (χ2v) is 6.11. The zero-order valence-corrected chi connectivity index (χ0v) is 13.2. The molecule has 3 heterocycles. The Bertz CT molecular complexity index is 881. The predicted molar refractivity (Wildman–Crippen MR) is 90.7 cm³/mol. The largest absolute Gasteiger partial charge is 0.312 e. The van der Waals surface area contributed by atoms with Gasteiger partial charge in [0.05, 0.1) is 12.1 Å². The van der Waals surface area contributed by atoms with Crippen molar-refractivity contribution in [1.29, 1.82) is 0 Å². The summed E-state index contributed by atoms with van der Waals surface area (Å²) in [6.45, 7) is 2.83. The van der Waals surface area contributed by atoms with E-state index >= 15 is 0 Å². The van der Waals surface area contributed by atoms with Crippen LogP contribution in [-0.2, 0) is 17.6 Å². The van der Waals surface area contributed by atoms with Gasteiger partial charge in [0.15, 0.2) is 0 Å². The molecule has 23 heavy (non-hydrogen) atoms. The van der Waals surface area contributed by atoms with Crippen molar-refractivity contribution >= 4 is 17.2 Å². The van der Waals surface area contributed by atoms with E-state index < -0.39 is 0 Å². The Labute approximate surface area is 135 Å². The fourth-order valence-corrected chi connectivity index (χ4v) is 3.33. The summed E-state index contributed by atoms with van der Waals surface area (Å²) in [6, 6.07) is 12.2. The second kappa shape index (κ2) is 5.54. The van der Waals surface area contributed by atoms with Crippen molar-refractivity contribution in [3.05, 3.63) is 65.6 Å². The third kappa shape index (κ3) is 2.50. The normalized spacial score (nSPS) is 14.0. The number of carbonyl (C=O) groups is 1. The number of hydrogen-bond donors (Lipinski definition) is 0. The van der Waals surface area contributed by atoms with Crippen molar-refractivity contribution in [3.8, 4) is 0 Å². The Kier molecular flexibility index (Phi) is 3.37. The molecule has 0 unspecified atom stereocenters. The quantitative estimate of drug-likeness (QED) is 0.729. The SMILES string of the molecule is Cc1cccn2cc(CC(=O)N3CCCc4ccccc43)nc12. The van der Waals surface area contributed by atoms with E-state index in [0.29, 0.717) is 6.42 Å². The topological polar surface area (TPSA) is 37.6 Å². The maximum atomic E-state index is 12.8. The van der Waals surface area contributed by atoms with E-state index in [-0.39, 0.29) is 5.91 Å². The molecule has 4 rings (SSSR count). The van der Waals surface area contributed by atoms with Crippen LogP contribution in [0.2, 0.25) is 0 Å². The molecular formula is C19H19N3O. The van der Waals surface area contributed by atoms with Gasteiger partial charge in [0, 0.05) is 24.6 Å². The number of fused-ring (bicyclic) bond motifs is 2. The average Bonchev–Trinajstić information content (AvgIpc) is 2.98. The maximum absolute atomic E-state index is 12.8. The van der Waals surface area contributed by atoms with E-state index in [2.05, 4.69) is 11.1 Å². The second-order valence-electron chi connectivity index (χ2n) is 6.11. The minimum absolute atomic E-state index is 0.123. The van der Waals surface area contributed by atoms with Crippen LogP contribution in [0.25, 0.3) is 5.65 Å². The zero-order valence-electron chi connectivity index (χ0n) is 13.2. The number of benzene rings is 1. The first-order valence-electron chi connectivity index (χ1n) is 8.04. The molecule has 0 saturated heterocycles. The van der Waals surface area contributed by atoms with E-state index in [0.717, 1.165) is 42.0 Å². The monoisotopic (exact) mass is 305 g/mol. The number of aromatic nitrogens is 2. The standard InChI is InChI=1S/C19H19N3O/c1-14-6-4-10-21-13-16(20-19(14)21)12-18(23)22-11-5-8-15-7-2-3-9-17(15)22/h2-4,6-7,9-10,13H,5,8,11-12H2,1H3. The van der Waals surface area contributed by atoms with E-state index in [1.54, 1.807) is 0 Å². The van der Waals surface area contributed by atoms with Crippen LogP contribution in [0.4, 0.5) is 5.69 Å². The molecule has 1 aliphatic heterocycles. The van der Waals surface area contributed by atoms with Gasteiger partial charge >= 0.3 is 0 Å². The van der Waals surface area contributed by atoms with E-state index in [1.165, 1.54) is 5.56 Å². The molecule has 4 heteroatoms. The number of aryl methyl sites for hydroxylation is 2. The molecule has 0 spiro atoms. The maximum Gasteiger partial charge on any atom is 0.233 e. The van der Waals surface area contributed by atoms with Crippen LogP contribution in [0, 0.1) is 6.92 Å². The van der Waals surface area contributed by atoms with Crippen LogP contribution in [0.5, 0.6) is 0 Å². The van der Waals surface area contributed by atoms with Crippen LogP contribution in [-0.4, -0.2) is 21.8 Å². The first-order chi connectivity index (χ1) is 11.2. The summed E-state index contributed by atoms with van der Waals surface area (Å²) < 4.78 is 1.99. The van der Waals surface area contributed by atoms with Gasteiger partial charge in [0.25, 0.3) is 0 Å². The highest BCUT2D eigenvalue weighted by atomic mass is 16.2. The summed E-state index contributed by atoms with van der Waals surface area (Å²) in [5.74, 6) is 0.123. The molecule has 0 saturated carbocycles. The van der Waals surface area contributed by atoms with Gasteiger partial charge in [-0.2, -0.15) is 0 Å². The fraction of sp³-hybridized carbons (Fsp3) is 0.263. The Morgan fingerprint density at radius 2 is 2.09 bits per heavy atom. The molecule has 4 nitrogen and oxygen atoms in total. The van der Waals surface area contributed by atoms with Crippen LogP contribution >= 0.6 is 0 Å². The Balaban J connectivity index is 1.61. The number of imidazole rings is 1. The molecule has 0 atom stereocenters. The average molecular weight is 305 g/mol. The van der Waals surface area contributed by atoms with Gasteiger partial charge in [-0.15, -0.1) is 0 Å². The summed E-state index contributed by atoms with van der Waals surface area (Å²) in [5, 5.41) is 0. The van der Waals surface area contributed by atoms with Gasteiger partial charge in [-0.25, -0.2) is 4.98 Å². The van der Waals surface area contributed by atoms with Gasteiger partial charge in [-0.05, 0) is 43.0 Å². The molecule has 1 amide bonds. The summed E-state index contributed by atoms with van der Waals surface area (Å²) in [4.78, 5) is 19.3. The van der Waals surface area contributed by atoms with E-state index in [9.17, 15) is 4.79 Å². The summed E-state index contributed by atoms with van der Waals surface area (Å²) in [7, 11) is 0. The molecule has 0 N–H and O–H groups in total. The minimum atomic E-state index is 0.123. The molecule has 0 radical (unpaired) electrons. The Morgan fingerprint density at radius 3 is 2.96 bits per heavy atom. The Hall–Kier alpha value is -2.62. The summed E-state index contributed by atoms with van der Waals surface area (Å²) >= 11 is 0. The summed E-state index contributed by atoms with van der Waals surface area (Å²) in [5.41, 5.74) is 5.19. The lowest BCUT2D eigenvalue weighted by Crippen LogP contribution is -2.36. The number of rotatable bonds is 2. The number of hydrogen-bond acceptors (Lipinski definition) is 2. The van der Waals surface area contributed by atoms with Crippen molar-refractivity contribution in [3.63, 3.8) is 0 Å². The lowest BCUT2D eigenvalue weighted by atomic mass is 10.0. The number of nitrogens with zero attached hydrogens (tertiary/aromatic N) is 3. The molecular weight excluding hydrogens is 286 g/mol. The first kappa shape index (κ1) is 14.0. The molecule has 0 aliphatic carbocycles. The van der Waals surface area contributed by atoms with Crippen molar-refractivity contribution in [2.24, 2.45) is 0 Å².